The molecule has 94 valence electrons. The fraction of sp³-hybridized carbons (Fsp3) is 0.615. The molecule has 1 N–H and O–H groups in total. The standard InChI is InChI=1S/C13H21N3S/c1-3-11-10-16(8-9-17-11)13-7-5-6-12(15-13)14-4-2/h5-7,11H,3-4,8-10H2,1-2H3,(H,14,15). The smallest absolute Gasteiger partial charge is 0.131 e. The van der Waals surface area contributed by atoms with Gasteiger partial charge in [-0.05, 0) is 25.5 Å². The number of thioether (sulfide) groups is 1. The number of pyridine rings is 1. The van der Waals surface area contributed by atoms with Gasteiger partial charge in [-0.15, -0.1) is 0 Å². The summed E-state index contributed by atoms with van der Waals surface area (Å²) in [5.41, 5.74) is 0. The second kappa shape index (κ2) is 6.15. The predicted molar refractivity (Wildman–Crippen MR) is 77.2 cm³/mol. The van der Waals surface area contributed by atoms with E-state index in [2.05, 4.69) is 52.9 Å². The van der Waals surface area contributed by atoms with Gasteiger partial charge in [-0.3, -0.25) is 0 Å². The van der Waals surface area contributed by atoms with E-state index in [0.29, 0.717) is 0 Å². The number of hydrogen-bond donors (Lipinski definition) is 1. The minimum atomic E-state index is 0.758. The van der Waals surface area contributed by atoms with E-state index >= 15 is 0 Å². The highest BCUT2D eigenvalue weighted by Gasteiger charge is 2.19. The average molecular weight is 251 g/mol. The monoisotopic (exact) mass is 251 g/mol. The Kier molecular flexibility index (Phi) is 4.54. The normalized spacial score (nSPS) is 20.4. The van der Waals surface area contributed by atoms with Gasteiger partial charge in [-0.1, -0.05) is 13.0 Å². The van der Waals surface area contributed by atoms with Crippen LogP contribution in [0.5, 0.6) is 0 Å². The van der Waals surface area contributed by atoms with Gasteiger partial charge < -0.3 is 10.2 Å². The fourth-order valence-electron chi connectivity index (χ4n) is 2.05. The number of hydrogen-bond acceptors (Lipinski definition) is 4. The van der Waals surface area contributed by atoms with E-state index in [4.69, 9.17) is 0 Å². The van der Waals surface area contributed by atoms with E-state index in [0.717, 1.165) is 36.5 Å². The van der Waals surface area contributed by atoms with Crippen LogP contribution in [0.4, 0.5) is 11.6 Å². The van der Waals surface area contributed by atoms with Crippen molar-refractivity contribution in [1.82, 2.24) is 4.98 Å². The Hall–Kier alpha value is -0.900. The van der Waals surface area contributed by atoms with Crippen LogP contribution in [0.3, 0.4) is 0 Å². The third-order valence-electron chi connectivity index (χ3n) is 3.01. The van der Waals surface area contributed by atoms with Gasteiger partial charge in [-0.2, -0.15) is 11.8 Å². The Balaban J connectivity index is 2.07. The lowest BCUT2D eigenvalue weighted by atomic mass is 10.3. The molecule has 1 aliphatic heterocycles. The lowest BCUT2D eigenvalue weighted by molar-refractivity contribution is 0.720. The minimum absolute atomic E-state index is 0.758. The largest absolute Gasteiger partial charge is 0.370 e. The summed E-state index contributed by atoms with van der Waals surface area (Å²) < 4.78 is 0. The summed E-state index contributed by atoms with van der Waals surface area (Å²) in [5.74, 6) is 3.31. The number of rotatable bonds is 4. The van der Waals surface area contributed by atoms with Crippen LogP contribution >= 0.6 is 11.8 Å². The maximum absolute atomic E-state index is 4.66. The first kappa shape index (κ1) is 12.6. The Bertz CT molecular complexity index is 356. The molecule has 0 amide bonds. The van der Waals surface area contributed by atoms with Gasteiger partial charge in [-0.25, -0.2) is 4.98 Å². The molecule has 1 fully saturated rings. The van der Waals surface area contributed by atoms with Crippen molar-refractivity contribution >= 4 is 23.4 Å². The summed E-state index contributed by atoms with van der Waals surface area (Å²) in [5, 5.41) is 4.03. The van der Waals surface area contributed by atoms with Crippen LogP contribution in [-0.4, -0.2) is 35.6 Å². The van der Waals surface area contributed by atoms with Gasteiger partial charge in [0.2, 0.25) is 0 Å². The Labute approximate surface area is 108 Å². The van der Waals surface area contributed by atoms with E-state index in [9.17, 15) is 0 Å². The molecule has 1 aliphatic rings. The van der Waals surface area contributed by atoms with Crippen molar-refractivity contribution in [3.05, 3.63) is 18.2 Å². The van der Waals surface area contributed by atoms with Crippen LogP contribution < -0.4 is 10.2 Å². The molecule has 2 heterocycles. The zero-order chi connectivity index (χ0) is 12.1. The number of anilines is 2. The predicted octanol–water partition coefficient (Wildman–Crippen LogP) is 2.85. The lowest BCUT2D eigenvalue weighted by Crippen LogP contribution is -2.38. The number of aromatic nitrogens is 1. The van der Waals surface area contributed by atoms with Gasteiger partial charge >= 0.3 is 0 Å². The minimum Gasteiger partial charge on any atom is -0.370 e. The molecular formula is C13H21N3S. The second-order valence-electron chi connectivity index (χ2n) is 4.26. The molecule has 1 saturated heterocycles. The summed E-state index contributed by atoms with van der Waals surface area (Å²) in [6, 6.07) is 6.23. The van der Waals surface area contributed by atoms with Crippen LogP contribution in [0, 0.1) is 0 Å². The van der Waals surface area contributed by atoms with Gasteiger partial charge in [0.25, 0.3) is 0 Å². The molecule has 4 heteroatoms. The van der Waals surface area contributed by atoms with Crippen LogP contribution in [0.25, 0.3) is 0 Å². The van der Waals surface area contributed by atoms with Gasteiger partial charge in [0.15, 0.2) is 0 Å². The zero-order valence-electron chi connectivity index (χ0n) is 10.6. The SMILES string of the molecule is CCNc1cccc(N2CCSC(CC)C2)n1. The maximum Gasteiger partial charge on any atom is 0.131 e. The van der Waals surface area contributed by atoms with Crippen molar-refractivity contribution in [3.8, 4) is 0 Å². The first-order valence-corrected chi connectivity index (χ1v) is 7.45. The summed E-state index contributed by atoms with van der Waals surface area (Å²) in [6.07, 6.45) is 1.24. The summed E-state index contributed by atoms with van der Waals surface area (Å²) in [4.78, 5) is 7.07. The third-order valence-corrected chi connectivity index (χ3v) is 4.38. The van der Waals surface area contributed by atoms with Crippen molar-refractivity contribution < 1.29 is 0 Å². The zero-order valence-corrected chi connectivity index (χ0v) is 11.5. The summed E-state index contributed by atoms with van der Waals surface area (Å²) in [6.45, 7) is 7.53. The van der Waals surface area contributed by atoms with Gasteiger partial charge in [0.05, 0.1) is 0 Å². The van der Waals surface area contributed by atoms with Crippen molar-refractivity contribution in [2.75, 3.05) is 35.6 Å². The number of nitrogens with zero attached hydrogens (tertiary/aromatic N) is 2. The van der Waals surface area contributed by atoms with E-state index < -0.39 is 0 Å². The molecule has 1 unspecified atom stereocenters. The first-order chi connectivity index (χ1) is 8.33. The number of nitrogens with one attached hydrogen (secondary N) is 1. The lowest BCUT2D eigenvalue weighted by Gasteiger charge is -2.32. The molecule has 2 rings (SSSR count). The molecule has 0 aromatic carbocycles. The quantitative estimate of drug-likeness (QED) is 0.890. The highest BCUT2D eigenvalue weighted by molar-refractivity contribution is 8.00. The van der Waals surface area contributed by atoms with E-state index in [1.807, 2.05) is 6.07 Å². The Morgan fingerprint density at radius 2 is 2.35 bits per heavy atom. The highest BCUT2D eigenvalue weighted by atomic mass is 32.2. The molecule has 0 saturated carbocycles. The van der Waals surface area contributed by atoms with Crippen LogP contribution in [-0.2, 0) is 0 Å². The average Bonchev–Trinajstić information content (AvgIpc) is 2.40. The van der Waals surface area contributed by atoms with Crippen molar-refractivity contribution in [2.24, 2.45) is 0 Å². The van der Waals surface area contributed by atoms with E-state index in [1.54, 1.807) is 0 Å². The Morgan fingerprint density at radius 1 is 1.47 bits per heavy atom. The highest BCUT2D eigenvalue weighted by Crippen LogP contribution is 2.25. The van der Waals surface area contributed by atoms with Crippen LogP contribution in [0.2, 0.25) is 0 Å². The molecular weight excluding hydrogens is 230 g/mol. The van der Waals surface area contributed by atoms with Crippen LogP contribution in [0.15, 0.2) is 18.2 Å². The summed E-state index contributed by atoms with van der Waals surface area (Å²) >= 11 is 2.09. The summed E-state index contributed by atoms with van der Waals surface area (Å²) in [7, 11) is 0. The van der Waals surface area contributed by atoms with E-state index in [-0.39, 0.29) is 0 Å². The molecule has 1 aromatic rings. The van der Waals surface area contributed by atoms with Crippen LogP contribution in [0.1, 0.15) is 20.3 Å². The maximum atomic E-state index is 4.66. The molecule has 1 atom stereocenters. The molecule has 3 nitrogen and oxygen atoms in total. The fourth-order valence-corrected chi connectivity index (χ4v) is 3.23. The molecule has 0 aliphatic carbocycles. The molecule has 1 aromatic heterocycles. The molecule has 0 radical (unpaired) electrons. The topological polar surface area (TPSA) is 28.2 Å². The first-order valence-electron chi connectivity index (χ1n) is 6.41. The van der Waals surface area contributed by atoms with E-state index in [1.165, 1.54) is 12.2 Å². The molecule has 17 heavy (non-hydrogen) atoms. The molecule has 0 bridgehead atoms. The van der Waals surface area contributed by atoms with Crippen molar-refractivity contribution in [1.29, 1.82) is 0 Å². The third kappa shape index (κ3) is 3.28. The van der Waals surface area contributed by atoms with Gasteiger partial charge in [0, 0.05) is 30.6 Å². The molecule has 0 spiro atoms. The van der Waals surface area contributed by atoms with Crippen molar-refractivity contribution in [2.45, 2.75) is 25.5 Å². The van der Waals surface area contributed by atoms with Gasteiger partial charge in [0.1, 0.15) is 11.6 Å². The second-order valence-corrected chi connectivity index (χ2v) is 5.67. The van der Waals surface area contributed by atoms with Crippen molar-refractivity contribution in [3.63, 3.8) is 0 Å². The Morgan fingerprint density at radius 3 is 3.12 bits per heavy atom.